The molecule has 1 aliphatic heterocycles. The van der Waals surface area contributed by atoms with Crippen molar-refractivity contribution in [3.63, 3.8) is 0 Å². The third-order valence-corrected chi connectivity index (χ3v) is 3.53. The van der Waals surface area contributed by atoms with Crippen LogP contribution in [-0.4, -0.2) is 24.3 Å². The van der Waals surface area contributed by atoms with Gasteiger partial charge in [0.2, 0.25) is 0 Å². The summed E-state index contributed by atoms with van der Waals surface area (Å²) in [6.45, 7) is 1.55. The molecule has 2 aliphatic rings. The first-order chi connectivity index (χ1) is 5.92. The van der Waals surface area contributed by atoms with E-state index in [0.717, 1.165) is 12.5 Å². The zero-order chi connectivity index (χ0) is 8.39. The predicted octanol–water partition coefficient (Wildman–Crippen LogP) is 1.15. The number of hydrogen-bond acceptors (Lipinski definition) is 2. The summed E-state index contributed by atoms with van der Waals surface area (Å²) < 4.78 is 0. The van der Waals surface area contributed by atoms with Crippen LogP contribution in [0.15, 0.2) is 0 Å². The molecular formula is C10H19NO. The minimum atomic E-state index is 0.383. The van der Waals surface area contributed by atoms with Crippen molar-refractivity contribution in [2.75, 3.05) is 13.2 Å². The molecular weight excluding hydrogens is 150 g/mol. The number of hydrogen-bond donors (Lipinski definition) is 2. The van der Waals surface area contributed by atoms with Gasteiger partial charge in [-0.25, -0.2) is 0 Å². The van der Waals surface area contributed by atoms with Crippen molar-refractivity contribution in [1.29, 1.82) is 0 Å². The summed E-state index contributed by atoms with van der Waals surface area (Å²) in [4.78, 5) is 0. The summed E-state index contributed by atoms with van der Waals surface area (Å²) >= 11 is 0. The Morgan fingerprint density at radius 2 is 2.00 bits per heavy atom. The van der Waals surface area contributed by atoms with Gasteiger partial charge in [0.25, 0.3) is 0 Å². The number of aliphatic hydroxyl groups excluding tert-OH is 1. The maximum Gasteiger partial charge on any atom is 0.0474 e. The molecule has 2 nitrogen and oxygen atoms in total. The Morgan fingerprint density at radius 3 is 2.83 bits per heavy atom. The number of fused-ring (bicyclic) bond motifs is 1. The molecule has 0 aromatic carbocycles. The highest BCUT2D eigenvalue weighted by Crippen LogP contribution is 2.33. The highest BCUT2D eigenvalue weighted by molar-refractivity contribution is 4.89. The monoisotopic (exact) mass is 169 g/mol. The molecule has 1 saturated heterocycles. The van der Waals surface area contributed by atoms with Crippen molar-refractivity contribution in [1.82, 2.24) is 5.32 Å². The third-order valence-electron chi connectivity index (χ3n) is 3.53. The summed E-state index contributed by atoms with van der Waals surface area (Å²) in [6, 6.07) is 0.637. The van der Waals surface area contributed by atoms with E-state index in [2.05, 4.69) is 5.32 Å². The molecule has 3 atom stereocenters. The molecule has 0 amide bonds. The lowest BCUT2D eigenvalue weighted by molar-refractivity contribution is 0.0940. The third kappa shape index (κ3) is 1.50. The Labute approximate surface area is 74.4 Å². The molecule has 2 rings (SSSR count). The molecule has 0 bridgehead atoms. The molecule has 1 aliphatic carbocycles. The molecule has 70 valence electrons. The largest absolute Gasteiger partial charge is 0.396 e. The quantitative estimate of drug-likeness (QED) is 0.617. The van der Waals surface area contributed by atoms with Gasteiger partial charge < -0.3 is 10.4 Å². The van der Waals surface area contributed by atoms with Gasteiger partial charge in [0.1, 0.15) is 0 Å². The van der Waals surface area contributed by atoms with Crippen molar-refractivity contribution in [3.8, 4) is 0 Å². The minimum Gasteiger partial charge on any atom is -0.396 e. The van der Waals surface area contributed by atoms with Crippen molar-refractivity contribution in [2.45, 2.75) is 38.1 Å². The standard InChI is InChI=1S/C10H19NO/c12-7-9-4-1-3-8-5-2-6-11-10(8)9/h8-12H,1-7H2. The van der Waals surface area contributed by atoms with Gasteiger partial charge in [-0.15, -0.1) is 0 Å². The Kier molecular flexibility index (Phi) is 2.66. The zero-order valence-corrected chi connectivity index (χ0v) is 7.63. The van der Waals surface area contributed by atoms with Crippen LogP contribution in [-0.2, 0) is 0 Å². The van der Waals surface area contributed by atoms with E-state index in [4.69, 9.17) is 0 Å². The normalized spacial score (nSPS) is 42.2. The van der Waals surface area contributed by atoms with E-state index in [1.807, 2.05) is 0 Å². The lowest BCUT2D eigenvalue weighted by Gasteiger charge is -2.41. The Bertz CT molecular complexity index is 140. The summed E-state index contributed by atoms with van der Waals surface area (Å²) in [5.41, 5.74) is 0. The van der Waals surface area contributed by atoms with Crippen molar-refractivity contribution >= 4 is 0 Å². The molecule has 1 saturated carbocycles. The number of aliphatic hydroxyl groups is 1. The maximum absolute atomic E-state index is 9.19. The molecule has 2 fully saturated rings. The van der Waals surface area contributed by atoms with Crippen LogP contribution in [0.3, 0.4) is 0 Å². The van der Waals surface area contributed by atoms with E-state index in [9.17, 15) is 5.11 Å². The van der Waals surface area contributed by atoms with Gasteiger partial charge in [0, 0.05) is 12.6 Å². The SMILES string of the molecule is OCC1CCCC2CCCNC12. The van der Waals surface area contributed by atoms with Crippen LogP contribution in [0.2, 0.25) is 0 Å². The van der Waals surface area contributed by atoms with Crippen molar-refractivity contribution < 1.29 is 5.11 Å². The van der Waals surface area contributed by atoms with Gasteiger partial charge in [-0.05, 0) is 44.1 Å². The van der Waals surface area contributed by atoms with E-state index in [-0.39, 0.29) is 0 Å². The average Bonchev–Trinajstić information content (AvgIpc) is 2.17. The van der Waals surface area contributed by atoms with Gasteiger partial charge >= 0.3 is 0 Å². The fraction of sp³-hybridized carbons (Fsp3) is 1.00. The number of piperidine rings is 1. The molecule has 0 radical (unpaired) electrons. The maximum atomic E-state index is 9.19. The molecule has 1 heterocycles. The lowest BCUT2D eigenvalue weighted by atomic mass is 9.73. The Morgan fingerprint density at radius 1 is 1.17 bits per heavy atom. The highest BCUT2D eigenvalue weighted by atomic mass is 16.3. The second-order valence-electron chi connectivity index (χ2n) is 4.26. The van der Waals surface area contributed by atoms with Gasteiger partial charge in [-0.2, -0.15) is 0 Å². The van der Waals surface area contributed by atoms with E-state index in [1.54, 1.807) is 0 Å². The van der Waals surface area contributed by atoms with Crippen LogP contribution in [0.1, 0.15) is 32.1 Å². The fourth-order valence-corrected chi connectivity index (χ4v) is 2.88. The van der Waals surface area contributed by atoms with Crippen LogP contribution in [0.25, 0.3) is 0 Å². The van der Waals surface area contributed by atoms with Gasteiger partial charge in [0.15, 0.2) is 0 Å². The predicted molar refractivity (Wildman–Crippen MR) is 48.9 cm³/mol. The fourth-order valence-electron chi connectivity index (χ4n) is 2.88. The van der Waals surface area contributed by atoms with E-state index in [1.165, 1.54) is 32.1 Å². The van der Waals surface area contributed by atoms with Gasteiger partial charge in [0.05, 0.1) is 0 Å². The van der Waals surface area contributed by atoms with Crippen LogP contribution in [0.4, 0.5) is 0 Å². The van der Waals surface area contributed by atoms with Crippen LogP contribution < -0.4 is 5.32 Å². The first-order valence-electron chi connectivity index (χ1n) is 5.26. The van der Waals surface area contributed by atoms with E-state index in [0.29, 0.717) is 18.6 Å². The molecule has 12 heavy (non-hydrogen) atoms. The lowest BCUT2D eigenvalue weighted by Crippen LogP contribution is -2.49. The summed E-state index contributed by atoms with van der Waals surface area (Å²) in [6.07, 6.45) is 6.65. The van der Waals surface area contributed by atoms with Crippen LogP contribution >= 0.6 is 0 Å². The summed E-state index contributed by atoms with van der Waals surface area (Å²) in [7, 11) is 0. The number of rotatable bonds is 1. The second-order valence-corrected chi connectivity index (χ2v) is 4.26. The van der Waals surface area contributed by atoms with E-state index >= 15 is 0 Å². The van der Waals surface area contributed by atoms with Crippen LogP contribution in [0, 0.1) is 11.8 Å². The molecule has 0 aromatic heterocycles. The smallest absolute Gasteiger partial charge is 0.0474 e. The van der Waals surface area contributed by atoms with Crippen molar-refractivity contribution in [3.05, 3.63) is 0 Å². The minimum absolute atomic E-state index is 0.383. The van der Waals surface area contributed by atoms with Crippen LogP contribution in [0.5, 0.6) is 0 Å². The molecule has 0 spiro atoms. The topological polar surface area (TPSA) is 32.3 Å². The first kappa shape index (κ1) is 8.52. The Hall–Kier alpha value is -0.0800. The van der Waals surface area contributed by atoms with Gasteiger partial charge in [-0.3, -0.25) is 0 Å². The molecule has 0 aromatic rings. The Balaban J connectivity index is 1.99. The molecule has 2 heteroatoms. The second kappa shape index (κ2) is 3.75. The molecule has 3 unspecified atom stereocenters. The summed E-state index contributed by atoms with van der Waals surface area (Å²) in [5, 5.41) is 12.8. The zero-order valence-electron chi connectivity index (χ0n) is 7.63. The van der Waals surface area contributed by atoms with E-state index < -0.39 is 0 Å². The van der Waals surface area contributed by atoms with Gasteiger partial charge in [-0.1, -0.05) is 6.42 Å². The number of nitrogens with one attached hydrogen (secondary N) is 1. The summed E-state index contributed by atoms with van der Waals surface area (Å²) in [5.74, 6) is 1.41. The van der Waals surface area contributed by atoms with Crippen molar-refractivity contribution in [2.24, 2.45) is 11.8 Å². The highest BCUT2D eigenvalue weighted by Gasteiger charge is 2.33. The first-order valence-corrected chi connectivity index (χ1v) is 5.26. The average molecular weight is 169 g/mol. The molecule has 2 N–H and O–H groups in total.